The summed E-state index contributed by atoms with van der Waals surface area (Å²) < 4.78 is 27.9. The number of nitrogens with one attached hydrogen (secondary N) is 2. The monoisotopic (exact) mass is 287 g/mol. The molecule has 1 aromatic heterocycles. The summed E-state index contributed by atoms with van der Waals surface area (Å²) in [6.07, 6.45) is 0.763. The van der Waals surface area contributed by atoms with Crippen molar-refractivity contribution in [2.45, 2.75) is 19.9 Å². The van der Waals surface area contributed by atoms with Crippen LogP contribution in [0.2, 0.25) is 0 Å². The fraction of sp³-hybridized carbons (Fsp3) is 0.455. The third kappa shape index (κ3) is 5.62. The number of rotatable bonds is 6. The van der Waals surface area contributed by atoms with Crippen molar-refractivity contribution in [3.05, 3.63) is 21.9 Å². The molecule has 0 aliphatic heterocycles. The van der Waals surface area contributed by atoms with E-state index in [1.54, 1.807) is 0 Å². The molecule has 18 heavy (non-hydrogen) atoms. The Morgan fingerprint density at radius 1 is 1.44 bits per heavy atom. The summed E-state index contributed by atoms with van der Waals surface area (Å²) in [4.78, 5) is 0.915. The van der Waals surface area contributed by atoms with Gasteiger partial charge in [-0.05, 0) is 12.5 Å². The molecular weight excluding hydrogens is 270 g/mol. The van der Waals surface area contributed by atoms with Crippen LogP contribution in [0.3, 0.4) is 0 Å². The Kier molecular flexibility index (Phi) is 6.32. The van der Waals surface area contributed by atoms with Crippen molar-refractivity contribution < 1.29 is 8.42 Å². The van der Waals surface area contributed by atoms with E-state index in [0.29, 0.717) is 13.1 Å². The summed E-state index contributed by atoms with van der Waals surface area (Å²) >= 11 is 1.47. The van der Waals surface area contributed by atoms with Crippen LogP contribution in [0.4, 0.5) is 0 Å². The molecule has 0 aliphatic rings. The lowest BCUT2D eigenvalue weighted by molar-refractivity contribution is 0.566. The minimum absolute atomic E-state index is 0.272. The summed E-state index contributed by atoms with van der Waals surface area (Å²) in [6, 6.07) is 1.86. The zero-order chi connectivity index (χ0) is 13.4. The summed E-state index contributed by atoms with van der Waals surface area (Å²) in [5.74, 6) is 5.65. The minimum Gasteiger partial charge on any atom is -0.320 e. The molecule has 0 amide bonds. The normalized spacial score (nSPS) is 11.0. The Labute approximate surface area is 112 Å². The van der Waals surface area contributed by atoms with Crippen LogP contribution in [0.25, 0.3) is 0 Å². The van der Waals surface area contributed by atoms with Crippen molar-refractivity contribution in [1.82, 2.24) is 9.44 Å². The molecule has 100 valence electrons. The first-order valence-electron chi connectivity index (χ1n) is 5.58. The SMILES string of the molecule is CCCNS(=O)(=O)NCc1cc(C#CCN)cs1. The Hall–Kier alpha value is -0.910. The number of hydrogen-bond donors (Lipinski definition) is 3. The highest BCUT2D eigenvalue weighted by molar-refractivity contribution is 7.87. The summed E-state index contributed by atoms with van der Waals surface area (Å²) in [5.41, 5.74) is 6.14. The molecule has 7 heteroatoms. The van der Waals surface area contributed by atoms with Gasteiger partial charge < -0.3 is 5.73 Å². The maximum Gasteiger partial charge on any atom is 0.277 e. The van der Waals surface area contributed by atoms with Gasteiger partial charge in [-0.3, -0.25) is 0 Å². The molecule has 0 aliphatic carbocycles. The molecule has 4 N–H and O–H groups in total. The van der Waals surface area contributed by atoms with E-state index in [1.807, 2.05) is 18.4 Å². The van der Waals surface area contributed by atoms with Crippen molar-refractivity contribution >= 4 is 21.5 Å². The van der Waals surface area contributed by atoms with Gasteiger partial charge in [0, 0.05) is 28.9 Å². The third-order valence-corrected chi connectivity index (χ3v) is 4.01. The van der Waals surface area contributed by atoms with E-state index in [4.69, 9.17) is 5.73 Å². The standard InChI is InChI=1S/C11H17N3O2S2/c1-2-6-13-18(15,16)14-8-11-7-10(9-17-11)4-3-5-12/h7,9,13-14H,2,5-6,8,12H2,1H3. The van der Waals surface area contributed by atoms with Gasteiger partial charge in [0.05, 0.1) is 6.54 Å². The highest BCUT2D eigenvalue weighted by Gasteiger charge is 2.08. The second-order valence-electron chi connectivity index (χ2n) is 3.53. The lowest BCUT2D eigenvalue weighted by atomic mass is 10.3. The predicted octanol–water partition coefficient (Wildman–Crippen LogP) is 0.392. The van der Waals surface area contributed by atoms with E-state index in [2.05, 4.69) is 21.3 Å². The molecule has 0 fully saturated rings. The second-order valence-corrected chi connectivity index (χ2v) is 6.11. The van der Waals surface area contributed by atoms with E-state index < -0.39 is 10.2 Å². The maximum absolute atomic E-state index is 11.5. The Morgan fingerprint density at radius 3 is 2.89 bits per heavy atom. The molecule has 0 bridgehead atoms. The molecule has 0 radical (unpaired) electrons. The smallest absolute Gasteiger partial charge is 0.277 e. The van der Waals surface area contributed by atoms with Gasteiger partial charge in [-0.2, -0.15) is 13.1 Å². The fourth-order valence-electron chi connectivity index (χ4n) is 1.15. The van der Waals surface area contributed by atoms with Crippen LogP contribution in [0.15, 0.2) is 11.4 Å². The van der Waals surface area contributed by atoms with Gasteiger partial charge in [0.2, 0.25) is 0 Å². The molecule has 1 heterocycles. The second kappa shape index (κ2) is 7.51. The number of thiophene rings is 1. The molecular formula is C11H17N3O2S2. The van der Waals surface area contributed by atoms with Gasteiger partial charge in [0.1, 0.15) is 0 Å². The Bertz CT molecular complexity index is 526. The van der Waals surface area contributed by atoms with Crippen molar-refractivity contribution in [3.8, 4) is 11.8 Å². The van der Waals surface area contributed by atoms with Crippen molar-refractivity contribution in [3.63, 3.8) is 0 Å². The number of hydrogen-bond acceptors (Lipinski definition) is 4. The van der Waals surface area contributed by atoms with Crippen LogP contribution in [0.1, 0.15) is 23.8 Å². The fourth-order valence-corrected chi connectivity index (χ4v) is 2.91. The van der Waals surface area contributed by atoms with Crippen LogP contribution < -0.4 is 15.2 Å². The van der Waals surface area contributed by atoms with Crippen LogP contribution in [-0.4, -0.2) is 21.5 Å². The van der Waals surface area contributed by atoms with Crippen LogP contribution in [-0.2, 0) is 16.8 Å². The lowest BCUT2D eigenvalue weighted by Gasteiger charge is -2.05. The average Bonchev–Trinajstić information content (AvgIpc) is 2.80. The van der Waals surface area contributed by atoms with Gasteiger partial charge in [0.15, 0.2) is 0 Å². The molecule has 5 nitrogen and oxygen atoms in total. The molecule has 1 rings (SSSR count). The first-order valence-corrected chi connectivity index (χ1v) is 7.94. The van der Waals surface area contributed by atoms with Gasteiger partial charge in [-0.25, -0.2) is 4.72 Å². The lowest BCUT2D eigenvalue weighted by Crippen LogP contribution is -2.36. The van der Waals surface area contributed by atoms with E-state index >= 15 is 0 Å². The average molecular weight is 287 g/mol. The highest BCUT2D eigenvalue weighted by Crippen LogP contribution is 2.13. The molecule has 1 aromatic rings. The van der Waals surface area contributed by atoms with Crippen LogP contribution >= 0.6 is 11.3 Å². The minimum atomic E-state index is -3.40. The topological polar surface area (TPSA) is 84.2 Å². The summed E-state index contributed by atoms with van der Waals surface area (Å²) in [5, 5.41) is 1.88. The predicted molar refractivity (Wildman–Crippen MR) is 74.3 cm³/mol. The third-order valence-electron chi connectivity index (χ3n) is 1.97. The van der Waals surface area contributed by atoms with Gasteiger partial charge >= 0.3 is 0 Å². The van der Waals surface area contributed by atoms with Crippen molar-refractivity contribution in [2.75, 3.05) is 13.1 Å². The highest BCUT2D eigenvalue weighted by atomic mass is 32.2. The summed E-state index contributed by atoms with van der Waals surface area (Å²) in [7, 11) is -3.40. The van der Waals surface area contributed by atoms with Crippen LogP contribution in [0.5, 0.6) is 0 Å². The van der Waals surface area contributed by atoms with E-state index in [0.717, 1.165) is 16.9 Å². The molecule has 0 aromatic carbocycles. The van der Waals surface area contributed by atoms with E-state index in [1.165, 1.54) is 11.3 Å². The van der Waals surface area contributed by atoms with Gasteiger partial charge in [-0.1, -0.05) is 18.8 Å². The molecule has 0 unspecified atom stereocenters. The molecule has 0 saturated heterocycles. The zero-order valence-corrected chi connectivity index (χ0v) is 11.8. The van der Waals surface area contributed by atoms with Gasteiger partial charge in [-0.15, -0.1) is 11.3 Å². The largest absolute Gasteiger partial charge is 0.320 e. The number of nitrogens with two attached hydrogens (primary N) is 1. The van der Waals surface area contributed by atoms with Gasteiger partial charge in [0.25, 0.3) is 10.2 Å². The molecule has 0 atom stereocenters. The first kappa shape index (κ1) is 15.1. The zero-order valence-electron chi connectivity index (χ0n) is 10.2. The summed E-state index contributed by atoms with van der Waals surface area (Å²) in [6.45, 7) is 2.93. The first-order chi connectivity index (χ1) is 8.57. The quantitative estimate of drug-likeness (QED) is 0.662. The van der Waals surface area contributed by atoms with Crippen molar-refractivity contribution in [2.24, 2.45) is 5.73 Å². The maximum atomic E-state index is 11.5. The Morgan fingerprint density at radius 2 is 2.22 bits per heavy atom. The van der Waals surface area contributed by atoms with E-state index in [9.17, 15) is 8.42 Å². The molecule has 0 spiro atoms. The van der Waals surface area contributed by atoms with Crippen molar-refractivity contribution in [1.29, 1.82) is 0 Å². The Balaban J connectivity index is 2.51. The van der Waals surface area contributed by atoms with E-state index in [-0.39, 0.29) is 6.54 Å². The molecule has 0 saturated carbocycles. The van der Waals surface area contributed by atoms with Crippen LogP contribution in [0, 0.1) is 11.8 Å².